The number of benzene rings is 1. The summed E-state index contributed by atoms with van der Waals surface area (Å²) in [7, 11) is 0. The van der Waals surface area contributed by atoms with Gasteiger partial charge in [-0.3, -0.25) is 9.69 Å². The number of hydrogen-bond acceptors (Lipinski definition) is 3. The zero-order valence-corrected chi connectivity index (χ0v) is 13.9. The van der Waals surface area contributed by atoms with Gasteiger partial charge >= 0.3 is 0 Å². The van der Waals surface area contributed by atoms with E-state index in [2.05, 4.69) is 18.7 Å². The van der Waals surface area contributed by atoms with Crippen LogP contribution in [0.15, 0.2) is 24.3 Å². The Balaban J connectivity index is 1.68. The van der Waals surface area contributed by atoms with Gasteiger partial charge in [0, 0.05) is 31.1 Å². The van der Waals surface area contributed by atoms with Gasteiger partial charge in [0.05, 0.1) is 6.61 Å². The molecule has 0 bridgehead atoms. The van der Waals surface area contributed by atoms with Gasteiger partial charge in [-0.1, -0.05) is 12.1 Å². The number of hydrogen-bond donors (Lipinski definition) is 0. The SMILES string of the molecule is CC(C)N1CC2(CCN(Cc3cccc(F)c3)C2)COCC1=O. The summed E-state index contributed by atoms with van der Waals surface area (Å²) >= 11 is 0. The highest BCUT2D eigenvalue weighted by atomic mass is 19.1. The lowest BCUT2D eigenvalue weighted by Gasteiger charge is -2.34. The molecule has 1 atom stereocenters. The first-order valence-electron chi connectivity index (χ1n) is 8.31. The zero-order valence-electron chi connectivity index (χ0n) is 13.9. The molecule has 2 aliphatic rings. The molecule has 3 rings (SSSR count). The third-order valence-electron chi connectivity index (χ3n) is 4.90. The number of amides is 1. The number of nitrogens with zero attached hydrogens (tertiary/aromatic N) is 2. The third kappa shape index (κ3) is 3.72. The Bertz CT molecular complexity index is 578. The van der Waals surface area contributed by atoms with Crippen molar-refractivity contribution in [2.75, 3.05) is 32.8 Å². The van der Waals surface area contributed by atoms with E-state index in [4.69, 9.17) is 4.74 Å². The minimum atomic E-state index is -0.189. The van der Waals surface area contributed by atoms with Crippen LogP contribution in [0.25, 0.3) is 0 Å². The van der Waals surface area contributed by atoms with Crippen molar-refractivity contribution in [3.05, 3.63) is 35.6 Å². The Hall–Kier alpha value is -1.46. The highest BCUT2D eigenvalue weighted by Gasteiger charge is 2.43. The molecule has 23 heavy (non-hydrogen) atoms. The molecule has 126 valence electrons. The molecule has 0 N–H and O–H groups in total. The van der Waals surface area contributed by atoms with Crippen molar-refractivity contribution in [3.63, 3.8) is 0 Å². The van der Waals surface area contributed by atoms with Crippen molar-refractivity contribution in [1.82, 2.24) is 9.80 Å². The summed E-state index contributed by atoms with van der Waals surface area (Å²) in [5.74, 6) is -0.105. The van der Waals surface area contributed by atoms with Crippen molar-refractivity contribution in [3.8, 4) is 0 Å². The maximum absolute atomic E-state index is 13.3. The van der Waals surface area contributed by atoms with Crippen molar-refractivity contribution >= 4 is 5.91 Å². The van der Waals surface area contributed by atoms with Gasteiger partial charge in [-0.15, -0.1) is 0 Å². The van der Waals surface area contributed by atoms with Crippen LogP contribution in [0.1, 0.15) is 25.8 Å². The molecule has 1 unspecified atom stereocenters. The molecule has 2 fully saturated rings. The van der Waals surface area contributed by atoms with E-state index in [9.17, 15) is 9.18 Å². The number of carbonyl (C=O) groups is 1. The van der Waals surface area contributed by atoms with E-state index in [1.54, 1.807) is 12.1 Å². The van der Waals surface area contributed by atoms with E-state index >= 15 is 0 Å². The maximum atomic E-state index is 13.3. The van der Waals surface area contributed by atoms with Gasteiger partial charge in [0.25, 0.3) is 0 Å². The molecule has 0 aliphatic carbocycles. The summed E-state index contributed by atoms with van der Waals surface area (Å²) in [6, 6.07) is 6.98. The Kier molecular flexibility index (Phi) is 4.69. The van der Waals surface area contributed by atoms with Gasteiger partial charge in [-0.05, 0) is 44.5 Å². The highest BCUT2D eigenvalue weighted by Crippen LogP contribution is 2.34. The van der Waals surface area contributed by atoms with Crippen LogP contribution in [0.3, 0.4) is 0 Å². The molecule has 1 amide bonds. The molecule has 2 aliphatic heterocycles. The predicted molar refractivity (Wildman–Crippen MR) is 86.4 cm³/mol. The summed E-state index contributed by atoms with van der Waals surface area (Å²) in [6.45, 7) is 8.26. The molecule has 5 heteroatoms. The van der Waals surface area contributed by atoms with Gasteiger partial charge in [-0.2, -0.15) is 0 Å². The van der Waals surface area contributed by atoms with Gasteiger partial charge in [0.2, 0.25) is 5.91 Å². The van der Waals surface area contributed by atoms with E-state index in [1.165, 1.54) is 6.07 Å². The van der Waals surface area contributed by atoms with Crippen LogP contribution in [-0.4, -0.2) is 54.6 Å². The fourth-order valence-electron chi connectivity index (χ4n) is 3.71. The first-order valence-corrected chi connectivity index (χ1v) is 8.31. The second-order valence-corrected chi connectivity index (χ2v) is 7.20. The standard InChI is InChI=1S/C18H25FN2O2/c1-14(2)21-12-18(13-23-10-17(21)22)6-7-20(11-18)9-15-4-3-5-16(19)8-15/h3-5,8,14H,6-7,9-13H2,1-2H3. The molecule has 1 spiro atoms. The predicted octanol–water partition coefficient (Wildman–Crippen LogP) is 2.29. The van der Waals surface area contributed by atoms with Crippen LogP contribution in [0, 0.1) is 11.2 Å². The highest BCUT2D eigenvalue weighted by molar-refractivity contribution is 5.78. The van der Waals surface area contributed by atoms with Crippen LogP contribution in [-0.2, 0) is 16.1 Å². The number of ether oxygens (including phenoxy) is 1. The molecule has 0 aromatic heterocycles. The lowest BCUT2D eigenvalue weighted by molar-refractivity contribution is -0.135. The zero-order chi connectivity index (χ0) is 16.4. The molecule has 0 saturated carbocycles. The van der Waals surface area contributed by atoms with Crippen molar-refractivity contribution < 1.29 is 13.9 Å². The van der Waals surface area contributed by atoms with Gasteiger partial charge < -0.3 is 9.64 Å². The Labute approximate surface area is 137 Å². The Morgan fingerprint density at radius 2 is 2.17 bits per heavy atom. The van der Waals surface area contributed by atoms with Crippen LogP contribution in [0.2, 0.25) is 0 Å². The molecule has 1 aromatic carbocycles. The number of carbonyl (C=O) groups excluding carboxylic acids is 1. The molecule has 2 saturated heterocycles. The molecule has 4 nitrogen and oxygen atoms in total. The first kappa shape index (κ1) is 16.4. The smallest absolute Gasteiger partial charge is 0.248 e. The Morgan fingerprint density at radius 1 is 1.35 bits per heavy atom. The third-order valence-corrected chi connectivity index (χ3v) is 4.90. The van der Waals surface area contributed by atoms with E-state index in [-0.39, 0.29) is 29.8 Å². The van der Waals surface area contributed by atoms with Crippen LogP contribution >= 0.6 is 0 Å². The summed E-state index contributed by atoms with van der Waals surface area (Å²) in [5, 5.41) is 0. The van der Waals surface area contributed by atoms with E-state index in [0.29, 0.717) is 6.61 Å². The normalized spacial score (nSPS) is 26.3. The number of likely N-dealkylation sites (tertiary alicyclic amines) is 1. The summed E-state index contributed by atoms with van der Waals surface area (Å²) in [5.41, 5.74) is 0.998. The summed E-state index contributed by atoms with van der Waals surface area (Å²) in [6.07, 6.45) is 1.01. The van der Waals surface area contributed by atoms with Crippen molar-refractivity contribution in [2.24, 2.45) is 5.41 Å². The molecule has 1 aromatic rings. The Morgan fingerprint density at radius 3 is 2.91 bits per heavy atom. The quantitative estimate of drug-likeness (QED) is 0.857. The van der Waals surface area contributed by atoms with E-state index in [0.717, 1.165) is 38.2 Å². The largest absolute Gasteiger partial charge is 0.371 e. The summed E-state index contributed by atoms with van der Waals surface area (Å²) < 4.78 is 19.0. The van der Waals surface area contributed by atoms with Crippen molar-refractivity contribution in [2.45, 2.75) is 32.9 Å². The molecule has 0 radical (unpaired) electrons. The van der Waals surface area contributed by atoms with Gasteiger partial charge in [0.15, 0.2) is 0 Å². The minimum Gasteiger partial charge on any atom is -0.371 e. The average Bonchev–Trinajstić information content (AvgIpc) is 2.79. The van der Waals surface area contributed by atoms with Crippen molar-refractivity contribution in [1.29, 1.82) is 0 Å². The molecule has 2 heterocycles. The van der Waals surface area contributed by atoms with Crippen LogP contribution in [0.5, 0.6) is 0 Å². The first-order chi connectivity index (χ1) is 11.0. The topological polar surface area (TPSA) is 32.8 Å². The monoisotopic (exact) mass is 320 g/mol. The number of rotatable bonds is 3. The lowest BCUT2D eigenvalue weighted by atomic mass is 9.87. The second kappa shape index (κ2) is 6.57. The minimum absolute atomic E-state index is 0.00373. The van der Waals surface area contributed by atoms with E-state index < -0.39 is 0 Å². The molecular weight excluding hydrogens is 295 g/mol. The fraction of sp³-hybridized carbons (Fsp3) is 0.611. The van der Waals surface area contributed by atoms with Gasteiger partial charge in [-0.25, -0.2) is 4.39 Å². The van der Waals surface area contributed by atoms with Gasteiger partial charge in [0.1, 0.15) is 12.4 Å². The van der Waals surface area contributed by atoms with Crippen LogP contribution < -0.4 is 0 Å². The second-order valence-electron chi connectivity index (χ2n) is 7.20. The molecular formula is C18H25FN2O2. The summed E-state index contributed by atoms with van der Waals surface area (Å²) in [4.78, 5) is 16.4. The lowest BCUT2D eigenvalue weighted by Crippen LogP contribution is -2.45. The fourth-order valence-corrected chi connectivity index (χ4v) is 3.71. The maximum Gasteiger partial charge on any atom is 0.248 e. The van der Waals surface area contributed by atoms with Crippen LogP contribution in [0.4, 0.5) is 4.39 Å². The van der Waals surface area contributed by atoms with E-state index in [1.807, 2.05) is 11.0 Å². The number of halogens is 1. The average molecular weight is 320 g/mol.